The number of nitrogens with two attached hydrogens (primary N) is 1. The van der Waals surface area contributed by atoms with Crippen molar-refractivity contribution in [3.8, 4) is 5.75 Å². The molecule has 1 unspecified atom stereocenters. The van der Waals surface area contributed by atoms with E-state index in [-0.39, 0.29) is 12.4 Å². The Morgan fingerprint density at radius 3 is 2.70 bits per heavy atom. The molecule has 114 valence electrons. The second kappa shape index (κ2) is 9.22. The minimum absolute atomic E-state index is 0. The molecule has 20 heavy (non-hydrogen) atoms. The number of rotatable bonds is 6. The van der Waals surface area contributed by atoms with Gasteiger partial charge in [-0.3, -0.25) is 0 Å². The lowest BCUT2D eigenvalue weighted by Crippen LogP contribution is -2.37. The van der Waals surface area contributed by atoms with Crippen molar-refractivity contribution in [2.75, 3.05) is 33.3 Å². The van der Waals surface area contributed by atoms with E-state index in [4.69, 9.17) is 10.5 Å². The fourth-order valence-electron chi connectivity index (χ4n) is 2.91. The summed E-state index contributed by atoms with van der Waals surface area (Å²) < 4.78 is 5.18. The Labute approximate surface area is 128 Å². The third-order valence-electron chi connectivity index (χ3n) is 4.05. The van der Waals surface area contributed by atoms with Crippen LogP contribution in [0.3, 0.4) is 0 Å². The molecule has 1 atom stereocenters. The Balaban J connectivity index is 0.00000200. The summed E-state index contributed by atoms with van der Waals surface area (Å²) in [5.41, 5.74) is 7.06. The van der Waals surface area contributed by atoms with E-state index in [1.54, 1.807) is 7.11 Å². The monoisotopic (exact) mass is 298 g/mol. The number of piperidine rings is 1. The molecular weight excluding hydrogens is 272 g/mol. The molecule has 1 fully saturated rings. The molecule has 0 spiro atoms. The van der Waals surface area contributed by atoms with E-state index in [2.05, 4.69) is 17.0 Å². The van der Waals surface area contributed by atoms with Crippen molar-refractivity contribution in [2.45, 2.75) is 25.7 Å². The lowest BCUT2D eigenvalue weighted by molar-refractivity contribution is 0.172. The fraction of sp³-hybridized carbons (Fsp3) is 0.625. The van der Waals surface area contributed by atoms with Crippen molar-refractivity contribution in [2.24, 2.45) is 11.7 Å². The number of hydrogen-bond acceptors (Lipinski definition) is 3. The summed E-state index contributed by atoms with van der Waals surface area (Å²) in [5, 5.41) is 0. The largest absolute Gasteiger partial charge is 0.497 e. The number of likely N-dealkylation sites (tertiary alicyclic amines) is 1. The van der Waals surface area contributed by atoms with Gasteiger partial charge in [-0.25, -0.2) is 0 Å². The summed E-state index contributed by atoms with van der Waals surface area (Å²) >= 11 is 0. The first kappa shape index (κ1) is 17.3. The standard InChI is InChI=1S/C16H26N2O.ClH/c1-19-16-6-4-14(5-7-16)9-12-18-11-2-3-15(13-18)8-10-17;/h4-7,15H,2-3,8-13,17H2,1H3;1H. The molecule has 1 aromatic carbocycles. The Bertz CT molecular complexity index is 367. The average Bonchev–Trinajstić information content (AvgIpc) is 2.46. The molecule has 1 aliphatic rings. The van der Waals surface area contributed by atoms with Gasteiger partial charge in [-0.15, -0.1) is 12.4 Å². The second-order valence-corrected chi connectivity index (χ2v) is 5.48. The molecule has 2 rings (SSSR count). The summed E-state index contributed by atoms with van der Waals surface area (Å²) in [6.07, 6.45) is 4.99. The number of benzene rings is 1. The third kappa shape index (κ3) is 5.31. The van der Waals surface area contributed by atoms with E-state index >= 15 is 0 Å². The number of nitrogens with zero attached hydrogens (tertiary/aromatic N) is 1. The highest BCUT2D eigenvalue weighted by molar-refractivity contribution is 5.85. The SMILES string of the molecule is COc1ccc(CCN2CCCC(CCN)C2)cc1.Cl. The minimum Gasteiger partial charge on any atom is -0.497 e. The van der Waals surface area contributed by atoms with Crippen LogP contribution in [0.1, 0.15) is 24.8 Å². The molecule has 0 bridgehead atoms. The molecule has 1 aliphatic heterocycles. The third-order valence-corrected chi connectivity index (χ3v) is 4.05. The number of hydrogen-bond donors (Lipinski definition) is 1. The lowest BCUT2D eigenvalue weighted by atomic mass is 9.94. The van der Waals surface area contributed by atoms with Gasteiger partial charge >= 0.3 is 0 Å². The van der Waals surface area contributed by atoms with Gasteiger partial charge in [-0.2, -0.15) is 0 Å². The molecular formula is C16H27ClN2O. The van der Waals surface area contributed by atoms with E-state index in [9.17, 15) is 0 Å². The molecule has 1 heterocycles. The Morgan fingerprint density at radius 2 is 2.05 bits per heavy atom. The average molecular weight is 299 g/mol. The van der Waals surface area contributed by atoms with Crippen molar-refractivity contribution < 1.29 is 4.74 Å². The van der Waals surface area contributed by atoms with Gasteiger partial charge in [0, 0.05) is 13.1 Å². The highest BCUT2D eigenvalue weighted by Crippen LogP contribution is 2.19. The second-order valence-electron chi connectivity index (χ2n) is 5.48. The zero-order chi connectivity index (χ0) is 13.5. The summed E-state index contributed by atoms with van der Waals surface area (Å²) in [5.74, 6) is 1.75. The molecule has 1 saturated heterocycles. The summed E-state index contributed by atoms with van der Waals surface area (Å²) in [6, 6.07) is 8.42. The number of methoxy groups -OCH3 is 1. The molecule has 0 saturated carbocycles. The van der Waals surface area contributed by atoms with E-state index in [0.29, 0.717) is 0 Å². The molecule has 0 aliphatic carbocycles. The maximum absolute atomic E-state index is 5.67. The van der Waals surface area contributed by atoms with Gasteiger partial charge in [-0.05, 0) is 62.4 Å². The van der Waals surface area contributed by atoms with Crippen LogP contribution in [0.25, 0.3) is 0 Å². The lowest BCUT2D eigenvalue weighted by Gasteiger charge is -2.32. The molecule has 2 N–H and O–H groups in total. The van der Waals surface area contributed by atoms with E-state index in [0.717, 1.165) is 31.2 Å². The molecule has 3 nitrogen and oxygen atoms in total. The molecule has 0 aromatic heterocycles. The zero-order valence-corrected chi connectivity index (χ0v) is 13.2. The predicted molar refractivity (Wildman–Crippen MR) is 86.8 cm³/mol. The highest BCUT2D eigenvalue weighted by atomic mass is 35.5. The van der Waals surface area contributed by atoms with Crippen LogP contribution in [0.2, 0.25) is 0 Å². The van der Waals surface area contributed by atoms with Crippen LogP contribution in [0.15, 0.2) is 24.3 Å². The number of ether oxygens (including phenoxy) is 1. The van der Waals surface area contributed by atoms with Gasteiger partial charge in [0.15, 0.2) is 0 Å². The molecule has 1 aromatic rings. The first-order valence-electron chi connectivity index (χ1n) is 7.37. The van der Waals surface area contributed by atoms with Crippen LogP contribution in [0, 0.1) is 5.92 Å². The van der Waals surface area contributed by atoms with Crippen molar-refractivity contribution in [1.82, 2.24) is 4.90 Å². The van der Waals surface area contributed by atoms with Crippen LogP contribution in [-0.2, 0) is 6.42 Å². The van der Waals surface area contributed by atoms with Crippen LogP contribution >= 0.6 is 12.4 Å². The maximum Gasteiger partial charge on any atom is 0.118 e. The molecule has 0 amide bonds. The highest BCUT2D eigenvalue weighted by Gasteiger charge is 2.18. The number of halogens is 1. The van der Waals surface area contributed by atoms with Crippen LogP contribution in [0.5, 0.6) is 5.75 Å². The zero-order valence-electron chi connectivity index (χ0n) is 12.4. The van der Waals surface area contributed by atoms with E-state index < -0.39 is 0 Å². The normalized spacial score (nSPS) is 19.4. The summed E-state index contributed by atoms with van der Waals surface area (Å²) in [6.45, 7) is 4.47. The predicted octanol–water partition coefficient (Wildman–Crippen LogP) is 2.72. The Morgan fingerprint density at radius 1 is 1.30 bits per heavy atom. The Hall–Kier alpha value is -0.770. The van der Waals surface area contributed by atoms with Gasteiger partial charge in [-0.1, -0.05) is 12.1 Å². The smallest absolute Gasteiger partial charge is 0.118 e. The van der Waals surface area contributed by atoms with Gasteiger partial charge in [0.2, 0.25) is 0 Å². The van der Waals surface area contributed by atoms with Gasteiger partial charge in [0.25, 0.3) is 0 Å². The van der Waals surface area contributed by atoms with Gasteiger partial charge < -0.3 is 15.4 Å². The van der Waals surface area contributed by atoms with Crippen molar-refractivity contribution in [3.63, 3.8) is 0 Å². The van der Waals surface area contributed by atoms with E-state index in [1.807, 2.05) is 12.1 Å². The minimum atomic E-state index is 0. The topological polar surface area (TPSA) is 38.5 Å². The first-order chi connectivity index (χ1) is 9.31. The molecule has 0 radical (unpaired) electrons. The molecule has 4 heteroatoms. The Kier molecular flexibility index (Phi) is 7.97. The van der Waals surface area contributed by atoms with Crippen molar-refractivity contribution in [3.05, 3.63) is 29.8 Å². The van der Waals surface area contributed by atoms with Gasteiger partial charge in [0.1, 0.15) is 5.75 Å². The fourth-order valence-corrected chi connectivity index (χ4v) is 2.91. The van der Waals surface area contributed by atoms with Crippen LogP contribution in [0.4, 0.5) is 0 Å². The van der Waals surface area contributed by atoms with Crippen LogP contribution < -0.4 is 10.5 Å². The quantitative estimate of drug-likeness (QED) is 0.877. The van der Waals surface area contributed by atoms with Gasteiger partial charge in [0.05, 0.1) is 7.11 Å². The van der Waals surface area contributed by atoms with E-state index in [1.165, 1.54) is 37.9 Å². The summed E-state index contributed by atoms with van der Waals surface area (Å²) in [4.78, 5) is 2.59. The van der Waals surface area contributed by atoms with Crippen LogP contribution in [-0.4, -0.2) is 38.2 Å². The maximum atomic E-state index is 5.67. The van der Waals surface area contributed by atoms with Crippen molar-refractivity contribution in [1.29, 1.82) is 0 Å². The summed E-state index contributed by atoms with van der Waals surface area (Å²) in [7, 11) is 1.71. The first-order valence-corrected chi connectivity index (χ1v) is 7.37. The van der Waals surface area contributed by atoms with Crippen molar-refractivity contribution >= 4 is 12.4 Å².